The van der Waals surface area contributed by atoms with Gasteiger partial charge in [-0.2, -0.15) is 5.26 Å². The lowest BCUT2D eigenvalue weighted by atomic mass is 10.1. The van der Waals surface area contributed by atoms with Crippen LogP contribution in [-0.4, -0.2) is 12.5 Å². The number of hydrogen-bond acceptors (Lipinski definition) is 4. The molecular weight excluding hydrogens is 328 g/mol. The molecule has 1 N–H and O–H groups in total. The molecule has 3 aromatic rings. The minimum atomic E-state index is -0.393. The Morgan fingerprint density at radius 3 is 2.62 bits per heavy atom. The quantitative estimate of drug-likeness (QED) is 0.740. The first-order valence-electron chi connectivity index (χ1n) is 8.16. The molecule has 1 amide bonds. The molecule has 1 aromatic heterocycles. The van der Waals surface area contributed by atoms with Gasteiger partial charge < -0.3 is 9.15 Å². The third kappa shape index (κ3) is 3.93. The predicted octanol–water partition coefficient (Wildman–Crippen LogP) is 4.45. The van der Waals surface area contributed by atoms with Crippen LogP contribution in [0.4, 0.5) is 5.88 Å². The molecule has 0 saturated carbocycles. The molecule has 0 bridgehead atoms. The van der Waals surface area contributed by atoms with Gasteiger partial charge in [0.25, 0.3) is 5.91 Å². The number of rotatable bonds is 5. The van der Waals surface area contributed by atoms with E-state index in [4.69, 9.17) is 9.15 Å². The molecule has 0 aliphatic carbocycles. The number of nitrogens with zero attached hydrogens (tertiary/aromatic N) is 1. The van der Waals surface area contributed by atoms with Gasteiger partial charge in [-0.25, -0.2) is 0 Å². The van der Waals surface area contributed by atoms with Crippen molar-refractivity contribution in [2.24, 2.45) is 0 Å². The van der Waals surface area contributed by atoms with Crippen molar-refractivity contribution in [3.63, 3.8) is 0 Å². The van der Waals surface area contributed by atoms with Crippen molar-refractivity contribution < 1.29 is 13.9 Å². The molecule has 0 saturated heterocycles. The van der Waals surface area contributed by atoms with Crippen molar-refractivity contribution in [2.75, 3.05) is 11.9 Å². The number of aryl methyl sites for hydroxylation is 2. The highest BCUT2D eigenvalue weighted by Gasteiger charge is 2.15. The van der Waals surface area contributed by atoms with E-state index in [2.05, 4.69) is 5.32 Å². The average molecular weight is 346 g/mol. The van der Waals surface area contributed by atoms with Crippen LogP contribution in [0, 0.1) is 25.2 Å². The lowest BCUT2D eigenvalue weighted by Gasteiger charge is -2.09. The Hall–Kier alpha value is -3.52. The van der Waals surface area contributed by atoms with Gasteiger partial charge in [0.15, 0.2) is 6.61 Å². The minimum Gasteiger partial charge on any atom is -0.483 e. The summed E-state index contributed by atoms with van der Waals surface area (Å²) < 4.78 is 11.2. The van der Waals surface area contributed by atoms with Crippen molar-refractivity contribution in [3.8, 4) is 23.1 Å². The summed E-state index contributed by atoms with van der Waals surface area (Å²) in [5.74, 6) is 0.902. The standard InChI is InChI=1S/C21H18N2O3/c1-14-8-9-18(15(2)10-14)25-13-20(24)23-21-17(12-22)11-19(26-21)16-6-4-3-5-7-16/h3-11H,13H2,1-2H3,(H,23,24). The Bertz CT molecular complexity index is 969. The van der Waals surface area contributed by atoms with E-state index in [1.807, 2.05) is 68.4 Å². The van der Waals surface area contributed by atoms with Crippen molar-refractivity contribution in [1.82, 2.24) is 0 Å². The van der Waals surface area contributed by atoms with E-state index in [1.54, 1.807) is 6.07 Å². The summed E-state index contributed by atoms with van der Waals surface area (Å²) >= 11 is 0. The lowest BCUT2D eigenvalue weighted by molar-refractivity contribution is -0.118. The van der Waals surface area contributed by atoms with Crippen molar-refractivity contribution >= 4 is 11.8 Å². The number of nitriles is 1. The van der Waals surface area contributed by atoms with E-state index in [0.717, 1.165) is 16.7 Å². The highest BCUT2D eigenvalue weighted by atomic mass is 16.5. The largest absolute Gasteiger partial charge is 0.483 e. The van der Waals surface area contributed by atoms with Crippen molar-refractivity contribution in [2.45, 2.75) is 13.8 Å². The van der Waals surface area contributed by atoms with Gasteiger partial charge in [-0.1, -0.05) is 48.0 Å². The van der Waals surface area contributed by atoms with E-state index in [0.29, 0.717) is 11.5 Å². The number of amides is 1. The molecule has 0 fully saturated rings. The Balaban J connectivity index is 1.69. The molecule has 0 aliphatic heterocycles. The number of nitrogens with one attached hydrogen (secondary N) is 1. The molecule has 0 atom stereocenters. The minimum absolute atomic E-state index is 0.126. The second kappa shape index (κ2) is 7.58. The van der Waals surface area contributed by atoms with Crippen molar-refractivity contribution in [3.05, 3.63) is 71.3 Å². The lowest BCUT2D eigenvalue weighted by Crippen LogP contribution is -2.20. The predicted molar refractivity (Wildman–Crippen MR) is 98.9 cm³/mol. The van der Waals surface area contributed by atoms with Gasteiger partial charge in [-0.15, -0.1) is 0 Å². The summed E-state index contributed by atoms with van der Waals surface area (Å²) in [7, 11) is 0. The first-order valence-corrected chi connectivity index (χ1v) is 8.16. The number of carbonyl (C=O) groups is 1. The van der Waals surface area contributed by atoms with Crippen LogP contribution < -0.4 is 10.1 Å². The molecule has 3 rings (SSSR count). The smallest absolute Gasteiger partial charge is 0.264 e. The first-order chi connectivity index (χ1) is 12.6. The first kappa shape index (κ1) is 17.3. The number of carbonyl (C=O) groups excluding carboxylic acids is 1. The maximum absolute atomic E-state index is 12.2. The Kier molecular flexibility index (Phi) is 5.04. The van der Waals surface area contributed by atoms with Gasteiger partial charge in [-0.3, -0.25) is 10.1 Å². The number of ether oxygens (including phenoxy) is 1. The highest BCUT2D eigenvalue weighted by Crippen LogP contribution is 2.28. The molecule has 0 radical (unpaired) electrons. The fourth-order valence-corrected chi connectivity index (χ4v) is 2.58. The molecule has 26 heavy (non-hydrogen) atoms. The summed E-state index contributed by atoms with van der Waals surface area (Å²) in [6.07, 6.45) is 0. The zero-order valence-corrected chi connectivity index (χ0v) is 14.6. The molecule has 0 spiro atoms. The van der Waals surface area contributed by atoms with E-state index in [1.165, 1.54) is 0 Å². The molecule has 5 heteroatoms. The normalized spacial score (nSPS) is 10.2. The summed E-state index contributed by atoms with van der Waals surface area (Å²) in [6, 6.07) is 18.8. The zero-order valence-electron chi connectivity index (χ0n) is 14.6. The second-order valence-electron chi connectivity index (χ2n) is 5.94. The maximum atomic E-state index is 12.2. The Morgan fingerprint density at radius 1 is 1.15 bits per heavy atom. The molecule has 0 aliphatic rings. The third-order valence-electron chi connectivity index (χ3n) is 3.85. The summed E-state index contributed by atoms with van der Waals surface area (Å²) in [6.45, 7) is 3.75. The third-order valence-corrected chi connectivity index (χ3v) is 3.85. The fourth-order valence-electron chi connectivity index (χ4n) is 2.58. The number of hydrogen-bond donors (Lipinski definition) is 1. The van der Waals surface area contributed by atoms with Crippen LogP contribution in [0.15, 0.2) is 59.0 Å². The van der Waals surface area contributed by atoms with Crippen LogP contribution in [0.1, 0.15) is 16.7 Å². The fraction of sp³-hybridized carbons (Fsp3) is 0.143. The maximum Gasteiger partial charge on any atom is 0.264 e. The molecule has 0 unspecified atom stereocenters. The summed E-state index contributed by atoms with van der Waals surface area (Å²) in [5, 5.41) is 11.9. The monoisotopic (exact) mass is 346 g/mol. The molecule has 2 aromatic carbocycles. The zero-order chi connectivity index (χ0) is 18.5. The van der Waals surface area contributed by atoms with E-state index < -0.39 is 5.91 Å². The topological polar surface area (TPSA) is 75.3 Å². The molecule has 5 nitrogen and oxygen atoms in total. The van der Waals surface area contributed by atoms with Gasteiger partial charge >= 0.3 is 0 Å². The van der Waals surface area contributed by atoms with Gasteiger partial charge in [0.1, 0.15) is 23.1 Å². The van der Waals surface area contributed by atoms with Crippen LogP contribution in [0.3, 0.4) is 0 Å². The molecule has 1 heterocycles. The summed E-state index contributed by atoms with van der Waals surface area (Å²) in [4.78, 5) is 12.2. The van der Waals surface area contributed by atoms with E-state index in [-0.39, 0.29) is 18.1 Å². The van der Waals surface area contributed by atoms with E-state index in [9.17, 15) is 10.1 Å². The number of benzene rings is 2. The average Bonchev–Trinajstić information content (AvgIpc) is 3.04. The Labute approximate surface area is 151 Å². The molecule has 130 valence electrons. The number of furan rings is 1. The van der Waals surface area contributed by atoms with Crippen LogP contribution in [0.25, 0.3) is 11.3 Å². The van der Waals surface area contributed by atoms with Gasteiger partial charge in [0.2, 0.25) is 5.88 Å². The van der Waals surface area contributed by atoms with E-state index >= 15 is 0 Å². The molecular formula is C21H18N2O3. The van der Waals surface area contributed by atoms with Crippen LogP contribution in [0.2, 0.25) is 0 Å². The van der Waals surface area contributed by atoms with Crippen LogP contribution >= 0.6 is 0 Å². The Morgan fingerprint density at radius 2 is 1.92 bits per heavy atom. The second-order valence-corrected chi connectivity index (χ2v) is 5.94. The highest BCUT2D eigenvalue weighted by molar-refractivity contribution is 5.92. The van der Waals surface area contributed by atoms with Crippen LogP contribution in [-0.2, 0) is 4.79 Å². The van der Waals surface area contributed by atoms with Crippen molar-refractivity contribution in [1.29, 1.82) is 5.26 Å². The number of anilines is 1. The van der Waals surface area contributed by atoms with Crippen LogP contribution in [0.5, 0.6) is 5.75 Å². The van der Waals surface area contributed by atoms with Gasteiger partial charge in [0.05, 0.1) is 0 Å². The van der Waals surface area contributed by atoms with Gasteiger partial charge in [0, 0.05) is 11.6 Å². The SMILES string of the molecule is Cc1ccc(OCC(=O)Nc2oc(-c3ccccc3)cc2C#N)c(C)c1. The van der Waals surface area contributed by atoms with Gasteiger partial charge in [-0.05, 0) is 25.5 Å². The summed E-state index contributed by atoms with van der Waals surface area (Å²) in [5.41, 5.74) is 3.18.